The molecule has 4 heteroatoms. The van der Waals surface area contributed by atoms with Crippen LogP contribution in [-0.2, 0) is 6.54 Å². The molecule has 0 saturated heterocycles. The number of nitrogens with zero attached hydrogens (tertiary/aromatic N) is 1. The van der Waals surface area contributed by atoms with Crippen molar-refractivity contribution in [1.29, 1.82) is 0 Å². The number of hydrogen-bond acceptors (Lipinski definition) is 4. The Hall–Kier alpha value is -1.39. The SMILES string of the molecule is CNCc1cnc(-c2ccc(O)cc2)s1. The first-order valence-corrected chi connectivity index (χ1v) is 5.50. The topological polar surface area (TPSA) is 45.2 Å². The number of aromatic nitrogens is 1. The number of aromatic hydroxyl groups is 1. The smallest absolute Gasteiger partial charge is 0.123 e. The molecule has 0 unspecified atom stereocenters. The van der Waals surface area contributed by atoms with Crippen LogP contribution in [0.5, 0.6) is 5.75 Å². The second kappa shape index (κ2) is 4.42. The molecule has 1 aromatic heterocycles. The zero-order chi connectivity index (χ0) is 10.7. The summed E-state index contributed by atoms with van der Waals surface area (Å²) < 4.78 is 0. The summed E-state index contributed by atoms with van der Waals surface area (Å²) in [5.41, 5.74) is 1.04. The van der Waals surface area contributed by atoms with E-state index in [1.54, 1.807) is 23.5 Å². The molecule has 2 rings (SSSR count). The largest absolute Gasteiger partial charge is 0.508 e. The summed E-state index contributed by atoms with van der Waals surface area (Å²) in [5, 5.41) is 13.2. The van der Waals surface area contributed by atoms with Gasteiger partial charge in [0.1, 0.15) is 10.8 Å². The maximum atomic E-state index is 9.17. The van der Waals surface area contributed by atoms with Crippen LogP contribution in [0, 0.1) is 0 Å². The predicted molar refractivity (Wildman–Crippen MR) is 62.0 cm³/mol. The molecule has 0 fully saturated rings. The van der Waals surface area contributed by atoms with E-state index in [9.17, 15) is 0 Å². The minimum Gasteiger partial charge on any atom is -0.508 e. The van der Waals surface area contributed by atoms with Crippen molar-refractivity contribution in [1.82, 2.24) is 10.3 Å². The number of hydrogen-bond donors (Lipinski definition) is 2. The molecule has 0 bridgehead atoms. The fourth-order valence-corrected chi connectivity index (χ4v) is 2.23. The van der Waals surface area contributed by atoms with Gasteiger partial charge in [0.25, 0.3) is 0 Å². The summed E-state index contributed by atoms with van der Waals surface area (Å²) in [5.74, 6) is 0.283. The van der Waals surface area contributed by atoms with Gasteiger partial charge in [-0.2, -0.15) is 0 Å². The van der Waals surface area contributed by atoms with Crippen molar-refractivity contribution in [2.24, 2.45) is 0 Å². The zero-order valence-corrected chi connectivity index (χ0v) is 9.21. The van der Waals surface area contributed by atoms with Gasteiger partial charge in [-0.3, -0.25) is 0 Å². The lowest BCUT2D eigenvalue weighted by Crippen LogP contribution is -2.02. The van der Waals surface area contributed by atoms with Gasteiger partial charge in [0.2, 0.25) is 0 Å². The summed E-state index contributed by atoms with van der Waals surface area (Å²) in [6.45, 7) is 0.843. The highest BCUT2D eigenvalue weighted by atomic mass is 32.1. The lowest BCUT2D eigenvalue weighted by atomic mass is 10.2. The summed E-state index contributed by atoms with van der Waals surface area (Å²) in [4.78, 5) is 5.54. The molecule has 3 nitrogen and oxygen atoms in total. The Labute approximate surface area is 92.4 Å². The molecule has 0 saturated carbocycles. The molecular weight excluding hydrogens is 208 g/mol. The minimum absolute atomic E-state index is 0.283. The van der Waals surface area contributed by atoms with Crippen LogP contribution in [0.3, 0.4) is 0 Å². The highest BCUT2D eigenvalue weighted by Crippen LogP contribution is 2.26. The summed E-state index contributed by atoms with van der Waals surface area (Å²) in [7, 11) is 1.92. The quantitative estimate of drug-likeness (QED) is 0.833. The Morgan fingerprint density at radius 1 is 1.33 bits per heavy atom. The Balaban J connectivity index is 2.25. The Bertz CT molecular complexity index is 436. The number of rotatable bonds is 3. The molecule has 2 aromatic rings. The molecule has 0 atom stereocenters. The van der Waals surface area contributed by atoms with E-state index in [-0.39, 0.29) is 5.75 Å². The van der Waals surface area contributed by atoms with E-state index in [0.29, 0.717) is 0 Å². The van der Waals surface area contributed by atoms with Crippen molar-refractivity contribution in [2.45, 2.75) is 6.54 Å². The molecule has 1 heterocycles. The van der Waals surface area contributed by atoms with Gasteiger partial charge in [0.05, 0.1) is 0 Å². The maximum absolute atomic E-state index is 9.17. The highest BCUT2D eigenvalue weighted by Gasteiger charge is 2.03. The average molecular weight is 220 g/mol. The van der Waals surface area contributed by atoms with Crippen molar-refractivity contribution in [3.8, 4) is 16.3 Å². The van der Waals surface area contributed by atoms with Crippen molar-refractivity contribution in [3.05, 3.63) is 35.3 Å². The summed E-state index contributed by atoms with van der Waals surface area (Å²) >= 11 is 1.66. The molecule has 0 spiro atoms. The molecular formula is C11H12N2OS. The minimum atomic E-state index is 0.283. The van der Waals surface area contributed by atoms with Crippen LogP contribution in [0.1, 0.15) is 4.88 Å². The molecule has 15 heavy (non-hydrogen) atoms. The van der Waals surface area contributed by atoms with E-state index in [0.717, 1.165) is 17.1 Å². The summed E-state index contributed by atoms with van der Waals surface area (Å²) in [6, 6.07) is 7.09. The van der Waals surface area contributed by atoms with Gasteiger partial charge >= 0.3 is 0 Å². The first-order valence-electron chi connectivity index (χ1n) is 4.68. The highest BCUT2D eigenvalue weighted by molar-refractivity contribution is 7.15. The first-order chi connectivity index (χ1) is 7.29. The van der Waals surface area contributed by atoms with E-state index in [1.165, 1.54) is 4.88 Å². The van der Waals surface area contributed by atoms with Crippen molar-refractivity contribution in [3.63, 3.8) is 0 Å². The molecule has 0 aliphatic carbocycles. The van der Waals surface area contributed by atoms with Crippen LogP contribution in [0.15, 0.2) is 30.5 Å². The fraction of sp³-hybridized carbons (Fsp3) is 0.182. The first kappa shape index (κ1) is 10.1. The van der Waals surface area contributed by atoms with Crippen LogP contribution < -0.4 is 5.32 Å². The van der Waals surface area contributed by atoms with Crippen molar-refractivity contribution < 1.29 is 5.11 Å². The predicted octanol–water partition coefficient (Wildman–Crippen LogP) is 2.24. The van der Waals surface area contributed by atoms with Gasteiger partial charge in [-0.1, -0.05) is 0 Å². The zero-order valence-electron chi connectivity index (χ0n) is 8.40. The van der Waals surface area contributed by atoms with E-state index in [2.05, 4.69) is 10.3 Å². The third-order valence-corrected chi connectivity index (χ3v) is 3.07. The lowest BCUT2D eigenvalue weighted by molar-refractivity contribution is 0.475. The monoisotopic (exact) mass is 220 g/mol. The average Bonchev–Trinajstić information content (AvgIpc) is 2.68. The number of thiazole rings is 1. The van der Waals surface area contributed by atoms with Gasteiger partial charge in [0.15, 0.2) is 0 Å². The van der Waals surface area contributed by atoms with E-state index < -0.39 is 0 Å². The maximum Gasteiger partial charge on any atom is 0.123 e. The fourth-order valence-electron chi connectivity index (χ4n) is 1.30. The van der Waals surface area contributed by atoms with E-state index in [4.69, 9.17) is 5.11 Å². The lowest BCUT2D eigenvalue weighted by Gasteiger charge is -1.95. The van der Waals surface area contributed by atoms with Crippen LogP contribution >= 0.6 is 11.3 Å². The van der Waals surface area contributed by atoms with Crippen LogP contribution in [0.2, 0.25) is 0 Å². The van der Waals surface area contributed by atoms with Gasteiger partial charge in [-0.25, -0.2) is 4.98 Å². The molecule has 0 aliphatic heterocycles. The molecule has 2 N–H and O–H groups in total. The van der Waals surface area contributed by atoms with E-state index >= 15 is 0 Å². The second-order valence-corrected chi connectivity index (χ2v) is 4.32. The number of nitrogens with one attached hydrogen (secondary N) is 1. The van der Waals surface area contributed by atoms with Gasteiger partial charge in [0, 0.05) is 23.2 Å². The molecule has 1 aromatic carbocycles. The number of benzene rings is 1. The number of phenolic OH excluding ortho intramolecular Hbond substituents is 1. The number of phenols is 1. The van der Waals surface area contributed by atoms with E-state index in [1.807, 2.05) is 25.4 Å². The summed E-state index contributed by atoms with van der Waals surface area (Å²) in [6.07, 6.45) is 1.88. The Morgan fingerprint density at radius 3 is 2.73 bits per heavy atom. The van der Waals surface area contributed by atoms with Gasteiger partial charge in [-0.15, -0.1) is 11.3 Å². The molecule has 0 amide bonds. The van der Waals surface area contributed by atoms with Crippen molar-refractivity contribution in [2.75, 3.05) is 7.05 Å². The Morgan fingerprint density at radius 2 is 2.07 bits per heavy atom. The molecule has 78 valence electrons. The second-order valence-electron chi connectivity index (χ2n) is 3.21. The van der Waals surface area contributed by atoms with Crippen LogP contribution in [-0.4, -0.2) is 17.1 Å². The molecule has 0 radical (unpaired) electrons. The molecule has 0 aliphatic rings. The van der Waals surface area contributed by atoms with Crippen LogP contribution in [0.25, 0.3) is 10.6 Å². The van der Waals surface area contributed by atoms with Gasteiger partial charge in [-0.05, 0) is 31.3 Å². The van der Waals surface area contributed by atoms with Gasteiger partial charge < -0.3 is 10.4 Å². The third-order valence-electron chi connectivity index (χ3n) is 2.02. The standard InChI is InChI=1S/C11H12N2OS/c1-12-6-10-7-13-11(15-10)8-2-4-9(14)5-3-8/h2-5,7,12,14H,6H2,1H3. The van der Waals surface area contributed by atoms with Crippen molar-refractivity contribution >= 4 is 11.3 Å². The normalized spacial score (nSPS) is 10.5. The van der Waals surface area contributed by atoms with Crippen LogP contribution in [0.4, 0.5) is 0 Å². The Kier molecular flexibility index (Phi) is 2.99. The third kappa shape index (κ3) is 2.34.